The maximum absolute atomic E-state index is 9.83. The number of nitrogen functional groups attached to an aromatic ring is 1. The van der Waals surface area contributed by atoms with E-state index in [1.54, 1.807) is 28.8 Å². The molecule has 0 aliphatic rings. The van der Waals surface area contributed by atoms with Crippen LogP contribution in [0.5, 0.6) is 0 Å². The van der Waals surface area contributed by atoms with Crippen molar-refractivity contribution in [2.75, 3.05) is 37.9 Å². The predicted octanol–water partition coefficient (Wildman–Crippen LogP) is 0.121. The summed E-state index contributed by atoms with van der Waals surface area (Å²) in [5, 5.41) is 13.9. The van der Waals surface area contributed by atoms with E-state index in [-0.39, 0.29) is 0 Å². The van der Waals surface area contributed by atoms with Crippen LogP contribution in [0.25, 0.3) is 0 Å². The summed E-state index contributed by atoms with van der Waals surface area (Å²) >= 11 is 1.81. The van der Waals surface area contributed by atoms with Crippen molar-refractivity contribution in [3.8, 4) is 0 Å². The van der Waals surface area contributed by atoms with Crippen LogP contribution in [0, 0.1) is 0 Å². The minimum Gasteiger partial charge on any atom is -0.396 e. The van der Waals surface area contributed by atoms with Gasteiger partial charge in [-0.25, -0.2) is 0 Å². The van der Waals surface area contributed by atoms with Gasteiger partial charge in [-0.05, 0) is 13.3 Å². The zero-order valence-electron chi connectivity index (χ0n) is 9.83. The smallest absolute Gasteiger partial charge is 0.0862 e. The van der Waals surface area contributed by atoms with E-state index in [0.29, 0.717) is 18.8 Å². The Morgan fingerprint density at radius 1 is 1.69 bits per heavy atom. The quantitative estimate of drug-likeness (QED) is 0.713. The number of anilines is 1. The highest BCUT2D eigenvalue weighted by atomic mass is 32.2. The van der Waals surface area contributed by atoms with Gasteiger partial charge in [0.2, 0.25) is 0 Å². The molecule has 0 spiro atoms. The lowest BCUT2D eigenvalue weighted by Gasteiger charge is -2.19. The first-order chi connectivity index (χ1) is 7.61. The maximum atomic E-state index is 9.83. The topological polar surface area (TPSA) is 67.3 Å². The van der Waals surface area contributed by atoms with Gasteiger partial charge in [-0.3, -0.25) is 4.68 Å². The predicted molar refractivity (Wildman–Crippen MR) is 68.5 cm³/mol. The molecule has 1 heterocycles. The molecule has 5 nitrogen and oxygen atoms in total. The molecule has 1 atom stereocenters. The van der Waals surface area contributed by atoms with Crippen LogP contribution in [-0.4, -0.2) is 58.0 Å². The van der Waals surface area contributed by atoms with E-state index >= 15 is 0 Å². The van der Waals surface area contributed by atoms with E-state index in [4.69, 9.17) is 5.73 Å². The molecule has 0 aliphatic carbocycles. The van der Waals surface area contributed by atoms with Crippen LogP contribution in [0.3, 0.4) is 0 Å². The average Bonchev–Trinajstić information content (AvgIpc) is 2.60. The van der Waals surface area contributed by atoms with Gasteiger partial charge in [0.15, 0.2) is 0 Å². The van der Waals surface area contributed by atoms with Crippen molar-refractivity contribution < 1.29 is 5.11 Å². The van der Waals surface area contributed by atoms with Crippen LogP contribution < -0.4 is 5.73 Å². The van der Waals surface area contributed by atoms with Crippen molar-refractivity contribution in [2.45, 2.75) is 12.6 Å². The first-order valence-corrected chi connectivity index (χ1v) is 6.64. The third-order valence-electron chi connectivity index (χ3n) is 2.25. The van der Waals surface area contributed by atoms with E-state index in [9.17, 15) is 5.11 Å². The molecule has 92 valence electrons. The lowest BCUT2D eigenvalue weighted by atomic mass is 10.3. The fourth-order valence-corrected chi connectivity index (χ4v) is 1.95. The van der Waals surface area contributed by atoms with Gasteiger partial charge in [0.25, 0.3) is 0 Å². The molecule has 0 radical (unpaired) electrons. The summed E-state index contributed by atoms with van der Waals surface area (Å²) in [4.78, 5) is 2.12. The molecule has 0 amide bonds. The third kappa shape index (κ3) is 4.87. The molecular formula is C10H20N4OS. The van der Waals surface area contributed by atoms with Gasteiger partial charge in [-0.15, -0.1) is 0 Å². The van der Waals surface area contributed by atoms with E-state index in [1.807, 2.05) is 7.05 Å². The zero-order valence-corrected chi connectivity index (χ0v) is 10.7. The number of aliphatic hydroxyl groups is 1. The number of hydrogen-bond acceptors (Lipinski definition) is 5. The van der Waals surface area contributed by atoms with Crippen LogP contribution >= 0.6 is 11.8 Å². The van der Waals surface area contributed by atoms with Gasteiger partial charge in [0.05, 0.1) is 24.5 Å². The highest BCUT2D eigenvalue weighted by Gasteiger charge is 2.09. The molecule has 3 N–H and O–H groups in total. The van der Waals surface area contributed by atoms with Gasteiger partial charge in [0.1, 0.15) is 0 Å². The molecular weight excluding hydrogens is 224 g/mol. The zero-order chi connectivity index (χ0) is 12.0. The molecule has 0 aromatic carbocycles. The molecule has 1 unspecified atom stereocenters. The molecule has 6 heteroatoms. The molecule has 16 heavy (non-hydrogen) atoms. The fourth-order valence-electron chi connectivity index (χ4n) is 1.45. The van der Waals surface area contributed by atoms with Crippen molar-refractivity contribution in [1.29, 1.82) is 0 Å². The van der Waals surface area contributed by atoms with E-state index in [0.717, 1.165) is 12.3 Å². The first kappa shape index (κ1) is 13.3. The average molecular weight is 244 g/mol. The van der Waals surface area contributed by atoms with Gasteiger partial charge < -0.3 is 15.7 Å². The van der Waals surface area contributed by atoms with Gasteiger partial charge in [-0.1, -0.05) is 0 Å². The summed E-state index contributed by atoms with van der Waals surface area (Å²) in [6, 6.07) is 0. The molecule has 0 saturated heterocycles. The van der Waals surface area contributed by atoms with Crippen LogP contribution in [-0.2, 0) is 6.54 Å². The summed E-state index contributed by atoms with van der Waals surface area (Å²) in [6.45, 7) is 2.13. The van der Waals surface area contributed by atoms with Crippen LogP contribution in [0.4, 0.5) is 5.69 Å². The Morgan fingerprint density at radius 2 is 2.44 bits per heavy atom. The van der Waals surface area contributed by atoms with Crippen LogP contribution in [0.1, 0.15) is 0 Å². The lowest BCUT2D eigenvalue weighted by molar-refractivity contribution is 0.109. The van der Waals surface area contributed by atoms with Gasteiger partial charge in [0, 0.05) is 25.0 Å². The van der Waals surface area contributed by atoms with Crippen LogP contribution in [0.15, 0.2) is 12.4 Å². The number of hydrogen-bond donors (Lipinski definition) is 2. The minimum atomic E-state index is -0.411. The van der Waals surface area contributed by atoms with Crippen LogP contribution in [0.2, 0.25) is 0 Å². The SMILES string of the molecule is CSCCN(C)CC(O)Cn1cc(N)cn1. The number of rotatable bonds is 7. The Hall–Kier alpha value is -0.720. The summed E-state index contributed by atoms with van der Waals surface area (Å²) in [5.41, 5.74) is 6.17. The number of aromatic nitrogens is 2. The third-order valence-corrected chi connectivity index (χ3v) is 2.84. The Labute approximate surface area is 101 Å². The monoisotopic (exact) mass is 244 g/mol. The highest BCUT2D eigenvalue weighted by molar-refractivity contribution is 7.98. The van der Waals surface area contributed by atoms with Gasteiger partial charge >= 0.3 is 0 Å². The van der Waals surface area contributed by atoms with E-state index in [1.165, 1.54) is 0 Å². The van der Waals surface area contributed by atoms with Gasteiger partial charge in [-0.2, -0.15) is 16.9 Å². The fraction of sp³-hybridized carbons (Fsp3) is 0.700. The molecule has 0 bridgehead atoms. The second kappa shape index (κ2) is 6.78. The number of thioether (sulfide) groups is 1. The number of nitrogens with zero attached hydrogens (tertiary/aromatic N) is 3. The molecule has 1 aromatic rings. The van der Waals surface area contributed by atoms with Crippen molar-refractivity contribution in [2.24, 2.45) is 0 Å². The maximum Gasteiger partial charge on any atom is 0.0862 e. The number of aliphatic hydroxyl groups excluding tert-OH is 1. The Morgan fingerprint density at radius 3 is 3.00 bits per heavy atom. The molecule has 0 fully saturated rings. The Bertz CT molecular complexity index is 305. The Kier molecular flexibility index (Phi) is 5.65. The van der Waals surface area contributed by atoms with E-state index < -0.39 is 6.10 Å². The minimum absolute atomic E-state index is 0.411. The summed E-state index contributed by atoms with van der Waals surface area (Å²) in [5.74, 6) is 1.08. The summed E-state index contributed by atoms with van der Waals surface area (Å²) in [7, 11) is 2.01. The molecule has 0 saturated carbocycles. The molecule has 0 aliphatic heterocycles. The standard InChI is InChI=1S/C10H20N4OS/c1-13(3-4-16-2)7-10(15)8-14-6-9(11)5-12-14/h5-6,10,15H,3-4,7-8,11H2,1-2H3. The largest absolute Gasteiger partial charge is 0.396 e. The molecule has 1 rings (SSSR count). The van der Waals surface area contributed by atoms with Crippen molar-refractivity contribution in [3.05, 3.63) is 12.4 Å². The van der Waals surface area contributed by atoms with Crippen molar-refractivity contribution in [3.63, 3.8) is 0 Å². The van der Waals surface area contributed by atoms with Crippen molar-refractivity contribution in [1.82, 2.24) is 14.7 Å². The van der Waals surface area contributed by atoms with Crippen molar-refractivity contribution >= 4 is 17.4 Å². The number of likely N-dealkylation sites (N-methyl/N-ethyl adjacent to an activating group) is 1. The normalized spacial score (nSPS) is 13.2. The number of nitrogens with two attached hydrogens (primary N) is 1. The molecule has 1 aromatic heterocycles. The van der Waals surface area contributed by atoms with E-state index in [2.05, 4.69) is 16.3 Å². The first-order valence-electron chi connectivity index (χ1n) is 5.25. The summed E-state index contributed by atoms with van der Waals surface area (Å²) in [6.07, 6.45) is 4.98. The Balaban J connectivity index is 2.27. The second-order valence-electron chi connectivity index (χ2n) is 3.90. The highest BCUT2D eigenvalue weighted by Crippen LogP contribution is 2.01. The second-order valence-corrected chi connectivity index (χ2v) is 4.89. The summed E-state index contributed by atoms with van der Waals surface area (Å²) < 4.78 is 1.67. The lowest BCUT2D eigenvalue weighted by Crippen LogP contribution is -2.33.